The van der Waals surface area contributed by atoms with Gasteiger partial charge in [-0.25, -0.2) is 13.1 Å². The van der Waals surface area contributed by atoms with Gasteiger partial charge in [0, 0.05) is 18.6 Å². The summed E-state index contributed by atoms with van der Waals surface area (Å²) in [5.41, 5.74) is 1.98. The highest BCUT2D eigenvalue weighted by Crippen LogP contribution is 2.19. The predicted molar refractivity (Wildman–Crippen MR) is 108 cm³/mol. The quantitative estimate of drug-likeness (QED) is 0.603. The number of ether oxygens (including phenoxy) is 1. The highest BCUT2D eigenvalue weighted by atomic mass is 35.5. The Balaban J connectivity index is 1.84. The molecule has 29 heavy (non-hydrogen) atoms. The second kappa shape index (κ2) is 9.38. The fourth-order valence-corrected chi connectivity index (χ4v) is 3.83. The number of amides is 1. The Kier molecular flexibility index (Phi) is 7.39. The summed E-state index contributed by atoms with van der Waals surface area (Å²) in [4.78, 5) is 24.2. The molecule has 1 amide bonds. The maximum Gasteiger partial charge on any atom is 0.307 e. The first-order valence-electron chi connectivity index (χ1n) is 8.77. The van der Waals surface area contributed by atoms with Gasteiger partial charge in [0.05, 0.1) is 28.4 Å². The number of halogens is 1. The number of aryl methyl sites for hydroxylation is 2. The summed E-state index contributed by atoms with van der Waals surface area (Å²) in [6.45, 7) is 4.82. The summed E-state index contributed by atoms with van der Waals surface area (Å²) in [5, 5.41) is 7.17. The van der Waals surface area contributed by atoms with Crippen LogP contribution in [0, 0.1) is 13.8 Å². The number of rotatable bonds is 8. The van der Waals surface area contributed by atoms with E-state index in [0.29, 0.717) is 11.4 Å². The summed E-state index contributed by atoms with van der Waals surface area (Å²) < 4.78 is 33.3. The third-order valence-electron chi connectivity index (χ3n) is 4.16. The van der Waals surface area contributed by atoms with Gasteiger partial charge in [-0.3, -0.25) is 14.3 Å². The minimum Gasteiger partial charge on any atom is -0.452 e. The Bertz CT molecular complexity index is 1020. The van der Waals surface area contributed by atoms with Gasteiger partial charge in [0.25, 0.3) is 5.91 Å². The number of anilines is 1. The Morgan fingerprint density at radius 3 is 2.59 bits per heavy atom. The van der Waals surface area contributed by atoms with Crippen molar-refractivity contribution in [1.29, 1.82) is 0 Å². The monoisotopic (exact) mass is 442 g/mol. The molecule has 9 nitrogen and oxygen atoms in total. The Morgan fingerprint density at radius 2 is 2.00 bits per heavy atom. The highest BCUT2D eigenvalue weighted by molar-refractivity contribution is 7.89. The molecule has 0 bridgehead atoms. The number of carbonyl (C=O) groups is 2. The number of benzene rings is 1. The van der Waals surface area contributed by atoms with Gasteiger partial charge in [-0.2, -0.15) is 5.10 Å². The Morgan fingerprint density at radius 1 is 1.31 bits per heavy atom. The second-order valence-electron chi connectivity index (χ2n) is 6.40. The molecular weight excluding hydrogens is 420 g/mol. The highest BCUT2D eigenvalue weighted by Gasteiger charge is 2.21. The molecule has 2 N–H and O–H groups in total. The second-order valence-corrected chi connectivity index (χ2v) is 8.60. The van der Waals surface area contributed by atoms with E-state index in [4.69, 9.17) is 16.3 Å². The van der Waals surface area contributed by atoms with Gasteiger partial charge in [0.2, 0.25) is 10.0 Å². The van der Waals surface area contributed by atoms with Crippen LogP contribution in [0.4, 0.5) is 5.69 Å². The van der Waals surface area contributed by atoms with E-state index in [2.05, 4.69) is 15.1 Å². The fourth-order valence-electron chi connectivity index (χ4n) is 2.49. The lowest BCUT2D eigenvalue weighted by molar-refractivity contribution is -0.152. The number of aromatic nitrogens is 2. The molecule has 0 fully saturated rings. The van der Waals surface area contributed by atoms with Gasteiger partial charge in [0.15, 0.2) is 6.10 Å². The molecule has 0 aliphatic rings. The number of sulfonamides is 1. The molecule has 1 unspecified atom stereocenters. The van der Waals surface area contributed by atoms with Crippen LogP contribution in [-0.2, 0) is 31.4 Å². The zero-order chi connectivity index (χ0) is 21.8. The summed E-state index contributed by atoms with van der Waals surface area (Å²) in [6.07, 6.45) is -1.28. The average Bonchev–Trinajstić information content (AvgIpc) is 2.87. The van der Waals surface area contributed by atoms with Crippen LogP contribution in [0.2, 0.25) is 5.02 Å². The number of nitrogens with zero attached hydrogens (tertiary/aromatic N) is 2. The molecule has 11 heteroatoms. The van der Waals surface area contributed by atoms with Crippen molar-refractivity contribution in [3.63, 3.8) is 0 Å². The topological polar surface area (TPSA) is 119 Å². The minimum absolute atomic E-state index is 0.00618. The maximum atomic E-state index is 12.3. The van der Waals surface area contributed by atoms with E-state index in [1.54, 1.807) is 31.6 Å². The Hall–Kier alpha value is -2.43. The van der Waals surface area contributed by atoms with Gasteiger partial charge in [-0.1, -0.05) is 17.7 Å². The van der Waals surface area contributed by atoms with Gasteiger partial charge < -0.3 is 10.1 Å². The molecule has 1 heterocycles. The first-order chi connectivity index (χ1) is 13.5. The van der Waals surface area contributed by atoms with Crippen LogP contribution >= 0.6 is 11.6 Å². The van der Waals surface area contributed by atoms with Crippen molar-refractivity contribution in [3.8, 4) is 0 Å². The molecule has 2 aromatic rings. The summed E-state index contributed by atoms with van der Waals surface area (Å²) in [6, 6.07) is 5.76. The van der Waals surface area contributed by atoms with Crippen LogP contribution in [0.1, 0.15) is 24.7 Å². The molecule has 0 aliphatic heterocycles. The zero-order valence-corrected chi connectivity index (χ0v) is 18.1. The number of nitrogens with one attached hydrogen (secondary N) is 2. The number of carbonyl (C=O) groups excluding carboxylic acids is 2. The minimum atomic E-state index is -3.80. The van der Waals surface area contributed by atoms with Crippen molar-refractivity contribution in [2.75, 3.05) is 11.9 Å². The molecular formula is C18H23ClN4O5S. The summed E-state index contributed by atoms with van der Waals surface area (Å²) >= 11 is 5.79. The summed E-state index contributed by atoms with van der Waals surface area (Å²) in [7, 11) is -2.05. The SMILES string of the molecule is Cc1nn(C)c(C)c1NC(=O)C(C)OC(=O)CCNS(=O)(=O)c1cccc(Cl)c1. The molecule has 1 atom stereocenters. The van der Waals surface area contributed by atoms with Crippen LogP contribution in [0.25, 0.3) is 0 Å². The van der Waals surface area contributed by atoms with Crippen molar-refractivity contribution in [1.82, 2.24) is 14.5 Å². The molecule has 0 aliphatic carbocycles. The third-order valence-corrected chi connectivity index (χ3v) is 5.86. The van der Waals surface area contributed by atoms with Crippen molar-refractivity contribution < 1.29 is 22.7 Å². The van der Waals surface area contributed by atoms with E-state index in [0.717, 1.165) is 5.69 Å². The van der Waals surface area contributed by atoms with E-state index >= 15 is 0 Å². The third kappa shape index (κ3) is 6.02. The molecule has 0 spiro atoms. The molecule has 2 rings (SSSR count). The largest absolute Gasteiger partial charge is 0.452 e. The number of hydrogen-bond acceptors (Lipinski definition) is 6. The van der Waals surface area contributed by atoms with Crippen molar-refractivity contribution in [2.24, 2.45) is 7.05 Å². The average molecular weight is 443 g/mol. The van der Waals surface area contributed by atoms with Gasteiger partial charge in [-0.05, 0) is 39.0 Å². The van der Waals surface area contributed by atoms with E-state index in [9.17, 15) is 18.0 Å². The lowest BCUT2D eigenvalue weighted by Gasteiger charge is -2.14. The van der Waals surface area contributed by atoms with Crippen LogP contribution < -0.4 is 10.0 Å². The predicted octanol–water partition coefficient (Wildman–Crippen LogP) is 1.93. The standard InChI is InChI=1S/C18H23ClN4O5S/c1-11-17(12(2)23(4)22-11)21-18(25)13(3)28-16(24)8-9-20-29(26,27)15-7-5-6-14(19)10-15/h5-7,10,13,20H,8-9H2,1-4H3,(H,21,25). The van der Waals surface area contributed by atoms with Crippen LogP contribution in [0.3, 0.4) is 0 Å². The zero-order valence-electron chi connectivity index (χ0n) is 16.5. The van der Waals surface area contributed by atoms with Gasteiger partial charge in [0.1, 0.15) is 0 Å². The van der Waals surface area contributed by atoms with E-state index in [1.807, 2.05) is 0 Å². The first kappa shape index (κ1) is 22.9. The smallest absolute Gasteiger partial charge is 0.307 e. The molecule has 158 valence electrons. The molecule has 0 saturated carbocycles. The van der Waals surface area contributed by atoms with Crippen LogP contribution in [0.15, 0.2) is 29.2 Å². The van der Waals surface area contributed by atoms with Crippen molar-refractivity contribution >= 4 is 39.2 Å². The van der Waals surface area contributed by atoms with E-state index in [1.165, 1.54) is 25.1 Å². The Labute approximate surface area is 174 Å². The molecule has 1 aromatic carbocycles. The number of hydrogen-bond donors (Lipinski definition) is 2. The van der Waals surface area contributed by atoms with Crippen molar-refractivity contribution in [2.45, 2.75) is 38.2 Å². The van der Waals surface area contributed by atoms with Gasteiger partial charge >= 0.3 is 5.97 Å². The lowest BCUT2D eigenvalue weighted by atomic mass is 10.3. The molecule has 1 aromatic heterocycles. The van der Waals surface area contributed by atoms with E-state index < -0.39 is 28.0 Å². The maximum absolute atomic E-state index is 12.3. The fraction of sp³-hybridized carbons (Fsp3) is 0.389. The number of esters is 1. The summed E-state index contributed by atoms with van der Waals surface area (Å²) in [5.74, 6) is -1.21. The lowest BCUT2D eigenvalue weighted by Crippen LogP contribution is -2.32. The molecule has 0 radical (unpaired) electrons. The van der Waals surface area contributed by atoms with Crippen molar-refractivity contribution in [3.05, 3.63) is 40.7 Å². The molecule has 0 saturated heterocycles. The van der Waals surface area contributed by atoms with E-state index in [-0.39, 0.29) is 22.9 Å². The first-order valence-corrected chi connectivity index (χ1v) is 10.6. The van der Waals surface area contributed by atoms with Gasteiger partial charge in [-0.15, -0.1) is 0 Å². The van der Waals surface area contributed by atoms with Crippen LogP contribution in [0.5, 0.6) is 0 Å². The van der Waals surface area contributed by atoms with Crippen LogP contribution in [-0.4, -0.2) is 42.7 Å². The normalized spacial score (nSPS) is 12.4.